The number of rotatable bonds is 3. The summed E-state index contributed by atoms with van der Waals surface area (Å²) in [5.74, 6) is 0.255. The van der Waals surface area contributed by atoms with Gasteiger partial charge in [0.1, 0.15) is 11.4 Å². The molecule has 23 heavy (non-hydrogen) atoms. The molecule has 0 saturated carbocycles. The normalized spacial score (nSPS) is 15.9. The van der Waals surface area contributed by atoms with Gasteiger partial charge in [-0.3, -0.25) is 4.79 Å². The monoisotopic (exact) mass is 328 g/mol. The number of nitrogens with one attached hydrogen (secondary N) is 1. The number of urea groups is 1. The molecule has 0 spiro atoms. The van der Waals surface area contributed by atoms with Crippen LogP contribution in [0, 0.1) is 0 Å². The lowest BCUT2D eigenvalue weighted by Gasteiger charge is -2.11. The van der Waals surface area contributed by atoms with Gasteiger partial charge in [0.2, 0.25) is 0 Å². The Morgan fingerprint density at radius 2 is 1.87 bits per heavy atom. The van der Waals surface area contributed by atoms with Crippen LogP contribution in [0.3, 0.4) is 0 Å². The maximum atomic E-state index is 12.5. The van der Waals surface area contributed by atoms with Crippen LogP contribution in [0.4, 0.5) is 10.5 Å². The molecule has 3 amide bonds. The maximum absolute atomic E-state index is 12.5. The van der Waals surface area contributed by atoms with Crippen molar-refractivity contribution in [2.24, 2.45) is 0 Å². The number of amides is 3. The molecule has 1 aliphatic heterocycles. The van der Waals surface area contributed by atoms with Crippen LogP contribution in [0.5, 0.6) is 5.75 Å². The van der Waals surface area contributed by atoms with E-state index >= 15 is 0 Å². The van der Waals surface area contributed by atoms with E-state index in [1.807, 2.05) is 12.1 Å². The number of carbonyl (C=O) groups excluding carboxylic acids is 2. The molecule has 0 aliphatic carbocycles. The minimum atomic E-state index is -0.494. The number of benzene rings is 2. The van der Waals surface area contributed by atoms with Crippen LogP contribution < -0.4 is 15.0 Å². The van der Waals surface area contributed by atoms with Crippen LogP contribution in [-0.2, 0) is 4.79 Å². The van der Waals surface area contributed by atoms with Crippen LogP contribution in [0.25, 0.3) is 6.08 Å². The summed E-state index contributed by atoms with van der Waals surface area (Å²) in [5.41, 5.74) is 1.43. The van der Waals surface area contributed by atoms with E-state index < -0.39 is 11.9 Å². The summed E-state index contributed by atoms with van der Waals surface area (Å²) in [4.78, 5) is 25.6. The molecule has 2 aromatic rings. The highest BCUT2D eigenvalue weighted by molar-refractivity contribution is 6.31. The Kier molecular flexibility index (Phi) is 4.04. The number of hydrogen-bond acceptors (Lipinski definition) is 3. The predicted octanol–water partition coefficient (Wildman–Crippen LogP) is 3.45. The average molecular weight is 329 g/mol. The van der Waals surface area contributed by atoms with Gasteiger partial charge in [-0.15, -0.1) is 0 Å². The zero-order chi connectivity index (χ0) is 16.4. The molecule has 0 unspecified atom stereocenters. The number of methoxy groups -OCH3 is 1. The third kappa shape index (κ3) is 3.05. The summed E-state index contributed by atoms with van der Waals surface area (Å²) >= 11 is 5.83. The first-order valence-electron chi connectivity index (χ1n) is 6.85. The Labute approximate surface area is 138 Å². The topological polar surface area (TPSA) is 58.6 Å². The third-order valence-electron chi connectivity index (χ3n) is 3.37. The molecule has 1 heterocycles. The summed E-state index contributed by atoms with van der Waals surface area (Å²) in [7, 11) is 1.57. The fourth-order valence-electron chi connectivity index (χ4n) is 2.26. The van der Waals surface area contributed by atoms with Gasteiger partial charge in [-0.05, 0) is 48.0 Å². The van der Waals surface area contributed by atoms with Gasteiger partial charge < -0.3 is 10.1 Å². The second-order valence-electron chi connectivity index (χ2n) is 4.88. The van der Waals surface area contributed by atoms with E-state index in [-0.39, 0.29) is 5.70 Å². The zero-order valence-corrected chi connectivity index (χ0v) is 13.0. The Morgan fingerprint density at radius 3 is 2.57 bits per heavy atom. The molecule has 1 aliphatic rings. The van der Waals surface area contributed by atoms with E-state index in [0.717, 1.165) is 10.5 Å². The predicted molar refractivity (Wildman–Crippen MR) is 88.4 cm³/mol. The number of hydrogen-bond donors (Lipinski definition) is 1. The largest absolute Gasteiger partial charge is 0.497 e. The molecule has 0 atom stereocenters. The standard InChI is InChI=1S/C17H13ClN2O3/c1-23-14-4-2-3-11(9-14)10-15-16(21)20(17(22)19-15)13-7-5-12(18)6-8-13/h2-10H,1H3,(H,19,22)/b15-10+. The molecular weight excluding hydrogens is 316 g/mol. The van der Waals surface area contributed by atoms with Crippen molar-refractivity contribution in [3.63, 3.8) is 0 Å². The fraction of sp³-hybridized carbons (Fsp3) is 0.0588. The maximum Gasteiger partial charge on any atom is 0.333 e. The summed E-state index contributed by atoms with van der Waals surface area (Å²) < 4.78 is 5.14. The molecule has 1 N–H and O–H groups in total. The molecular formula is C17H13ClN2O3. The van der Waals surface area contributed by atoms with Crippen molar-refractivity contribution >= 4 is 35.3 Å². The molecule has 116 valence electrons. The van der Waals surface area contributed by atoms with Crippen LogP contribution >= 0.6 is 11.6 Å². The van der Waals surface area contributed by atoms with Crippen molar-refractivity contribution in [1.82, 2.24) is 5.32 Å². The van der Waals surface area contributed by atoms with Crippen molar-refractivity contribution in [3.8, 4) is 5.75 Å². The summed E-state index contributed by atoms with van der Waals surface area (Å²) in [6.45, 7) is 0. The van der Waals surface area contributed by atoms with Gasteiger partial charge in [-0.2, -0.15) is 0 Å². The van der Waals surface area contributed by atoms with E-state index in [0.29, 0.717) is 16.5 Å². The molecule has 1 fully saturated rings. The van der Waals surface area contributed by atoms with Gasteiger partial charge in [0.25, 0.3) is 5.91 Å². The number of imide groups is 1. The summed E-state index contributed by atoms with van der Waals surface area (Å²) in [5, 5.41) is 3.11. The van der Waals surface area contributed by atoms with Gasteiger partial charge in [-0.1, -0.05) is 23.7 Å². The molecule has 0 radical (unpaired) electrons. The number of halogens is 1. The van der Waals surface area contributed by atoms with Crippen molar-refractivity contribution in [1.29, 1.82) is 0 Å². The zero-order valence-electron chi connectivity index (χ0n) is 12.2. The van der Waals surface area contributed by atoms with E-state index in [2.05, 4.69) is 5.32 Å². The first-order valence-corrected chi connectivity index (χ1v) is 7.23. The second kappa shape index (κ2) is 6.14. The van der Waals surface area contributed by atoms with Crippen LogP contribution in [0.15, 0.2) is 54.2 Å². The Bertz CT molecular complexity index is 800. The highest BCUT2D eigenvalue weighted by atomic mass is 35.5. The highest BCUT2D eigenvalue weighted by Gasteiger charge is 2.34. The minimum absolute atomic E-state index is 0.207. The second-order valence-corrected chi connectivity index (χ2v) is 5.32. The number of carbonyl (C=O) groups is 2. The first kappa shape index (κ1) is 15.1. The van der Waals surface area contributed by atoms with Gasteiger partial charge in [0.15, 0.2) is 0 Å². The molecule has 6 heteroatoms. The summed E-state index contributed by atoms with van der Waals surface area (Å²) in [6.07, 6.45) is 1.61. The molecule has 5 nitrogen and oxygen atoms in total. The smallest absolute Gasteiger partial charge is 0.333 e. The number of anilines is 1. The van der Waals surface area contributed by atoms with Crippen molar-refractivity contribution in [3.05, 3.63) is 64.8 Å². The quantitative estimate of drug-likeness (QED) is 0.693. The van der Waals surface area contributed by atoms with Gasteiger partial charge >= 0.3 is 6.03 Å². The van der Waals surface area contributed by atoms with Crippen molar-refractivity contribution in [2.75, 3.05) is 12.0 Å². The van der Waals surface area contributed by atoms with Crippen LogP contribution in [-0.4, -0.2) is 19.0 Å². The van der Waals surface area contributed by atoms with Crippen molar-refractivity contribution in [2.45, 2.75) is 0 Å². The molecule has 3 rings (SSSR count). The van der Waals surface area contributed by atoms with Gasteiger partial charge in [-0.25, -0.2) is 9.69 Å². The first-order chi connectivity index (χ1) is 11.1. The fourth-order valence-corrected chi connectivity index (χ4v) is 2.38. The molecule has 0 bridgehead atoms. The Hall–Kier alpha value is -2.79. The summed E-state index contributed by atoms with van der Waals surface area (Å²) in [6, 6.07) is 13.2. The van der Waals surface area contributed by atoms with E-state index in [1.165, 1.54) is 0 Å². The highest BCUT2D eigenvalue weighted by Crippen LogP contribution is 2.24. The Morgan fingerprint density at radius 1 is 1.13 bits per heavy atom. The van der Waals surface area contributed by atoms with E-state index in [1.54, 1.807) is 49.6 Å². The van der Waals surface area contributed by atoms with E-state index in [4.69, 9.17) is 16.3 Å². The molecule has 0 aromatic heterocycles. The lowest BCUT2D eigenvalue weighted by molar-refractivity contribution is -0.113. The molecule has 1 saturated heterocycles. The number of nitrogens with zero attached hydrogens (tertiary/aromatic N) is 1. The molecule has 2 aromatic carbocycles. The average Bonchev–Trinajstić information content (AvgIpc) is 2.83. The SMILES string of the molecule is COc1cccc(/C=C2/NC(=O)N(c3ccc(Cl)cc3)C2=O)c1. The lowest BCUT2D eigenvalue weighted by Crippen LogP contribution is -2.30. The number of ether oxygens (including phenoxy) is 1. The van der Waals surface area contributed by atoms with Gasteiger partial charge in [0.05, 0.1) is 12.8 Å². The third-order valence-corrected chi connectivity index (χ3v) is 3.62. The van der Waals surface area contributed by atoms with Crippen LogP contribution in [0.1, 0.15) is 5.56 Å². The lowest BCUT2D eigenvalue weighted by atomic mass is 10.2. The van der Waals surface area contributed by atoms with Crippen molar-refractivity contribution < 1.29 is 14.3 Å². The van der Waals surface area contributed by atoms with Crippen LogP contribution in [0.2, 0.25) is 5.02 Å². The Balaban J connectivity index is 1.91. The van der Waals surface area contributed by atoms with E-state index in [9.17, 15) is 9.59 Å². The minimum Gasteiger partial charge on any atom is -0.497 e. The van der Waals surface area contributed by atoms with Gasteiger partial charge in [0, 0.05) is 5.02 Å².